The van der Waals surface area contributed by atoms with E-state index in [1.807, 2.05) is 29.2 Å². The van der Waals surface area contributed by atoms with Crippen molar-refractivity contribution in [1.82, 2.24) is 19.7 Å². The summed E-state index contributed by atoms with van der Waals surface area (Å²) in [5.41, 5.74) is 2.93. The van der Waals surface area contributed by atoms with Crippen LogP contribution < -0.4 is 0 Å². The van der Waals surface area contributed by atoms with Crippen molar-refractivity contribution in [2.45, 2.75) is 0 Å². The Balaban J connectivity index is 2.01. The van der Waals surface area contributed by atoms with E-state index in [2.05, 4.69) is 55.9 Å². The fraction of sp³-hybridized carbons (Fsp3) is 0. The molecule has 0 saturated carbocycles. The molecule has 4 aromatic rings. The highest BCUT2D eigenvalue weighted by Gasteiger charge is 2.07. The third-order valence-electron chi connectivity index (χ3n) is 3.15. The number of halogens is 1. The van der Waals surface area contributed by atoms with Crippen LogP contribution in [0.5, 0.6) is 0 Å². The predicted octanol–water partition coefficient (Wildman–Crippen LogP) is 3.51. The highest BCUT2D eigenvalue weighted by Crippen LogP contribution is 2.22. The number of fused-ring (bicyclic) bond motifs is 2. The van der Waals surface area contributed by atoms with Crippen molar-refractivity contribution < 1.29 is 0 Å². The molecule has 4 nitrogen and oxygen atoms in total. The van der Waals surface area contributed by atoms with Gasteiger partial charge in [-0.3, -0.25) is 0 Å². The molecule has 0 amide bonds. The lowest BCUT2D eigenvalue weighted by atomic mass is 10.2. The van der Waals surface area contributed by atoms with Crippen LogP contribution in [0.2, 0.25) is 0 Å². The van der Waals surface area contributed by atoms with E-state index in [-0.39, 0.29) is 0 Å². The Morgan fingerprint density at radius 2 is 2.11 bits per heavy atom. The van der Waals surface area contributed by atoms with E-state index < -0.39 is 0 Å². The minimum atomic E-state index is 0.881. The van der Waals surface area contributed by atoms with E-state index in [1.165, 1.54) is 3.57 Å². The summed E-state index contributed by atoms with van der Waals surface area (Å²) in [7, 11) is 0. The quantitative estimate of drug-likeness (QED) is 0.528. The second-order valence-electron chi connectivity index (χ2n) is 4.35. The summed E-state index contributed by atoms with van der Waals surface area (Å²) < 4.78 is 3.11. The summed E-state index contributed by atoms with van der Waals surface area (Å²) in [5.74, 6) is 0. The van der Waals surface area contributed by atoms with Gasteiger partial charge in [0.05, 0.1) is 11.2 Å². The molecule has 1 aromatic carbocycles. The molecule has 0 spiro atoms. The molecule has 0 fully saturated rings. The van der Waals surface area contributed by atoms with Crippen molar-refractivity contribution in [2.75, 3.05) is 0 Å². The predicted molar refractivity (Wildman–Crippen MR) is 83.4 cm³/mol. The molecule has 92 valence electrons. The van der Waals surface area contributed by atoms with E-state index in [9.17, 15) is 0 Å². The van der Waals surface area contributed by atoms with Gasteiger partial charge in [0.1, 0.15) is 5.65 Å². The molecular weight excluding hydrogens is 351 g/mol. The monoisotopic (exact) mass is 360 g/mol. The lowest BCUT2D eigenvalue weighted by Crippen LogP contribution is -1.95. The van der Waals surface area contributed by atoms with Crippen molar-refractivity contribution >= 4 is 44.5 Å². The molecule has 3 heterocycles. The van der Waals surface area contributed by atoms with Gasteiger partial charge in [-0.25, -0.2) is 9.67 Å². The first-order valence-electron chi connectivity index (χ1n) is 5.89. The third-order valence-corrected chi connectivity index (χ3v) is 3.82. The lowest BCUT2D eigenvalue weighted by molar-refractivity contribution is 0.902. The van der Waals surface area contributed by atoms with Gasteiger partial charge in [0.25, 0.3) is 0 Å². The number of nitrogens with one attached hydrogen (secondary N) is 1. The van der Waals surface area contributed by atoms with E-state index in [0.717, 1.165) is 27.6 Å². The Morgan fingerprint density at radius 1 is 1.16 bits per heavy atom. The summed E-state index contributed by atoms with van der Waals surface area (Å²) in [4.78, 5) is 7.42. The second-order valence-corrected chi connectivity index (χ2v) is 5.59. The largest absolute Gasteiger partial charge is 0.346 e. The number of hydrogen-bond donors (Lipinski definition) is 1. The van der Waals surface area contributed by atoms with E-state index >= 15 is 0 Å². The zero-order chi connectivity index (χ0) is 12.8. The Kier molecular flexibility index (Phi) is 2.34. The molecule has 0 bridgehead atoms. The Labute approximate surface area is 122 Å². The van der Waals surface area contributed by atoms with Crippen LogP contribution in [0.3, 0.4) is 0 Å². The number of pyridine rings is 1. The van der Waals surface area contributed by atoms with Crippen molar-refractivity contribution in [3.8, 4) is 5.69 Å². The molecule has 0 atom stereocenters. The zero-order valence-electron chi connectivity index (χ0n) is 9.84. The van der Waals surface area contributed by atoms with Crippen LogP contribution >= 0.6 is 22.6 Å². The summed E-state index contributed by atoms with van der Waals surface area (Å²) >= 11 is 2.30. The minimum absolute atomic E-state index is 0.881. The Bertz CT molecular complexity index is 891. The van der Waals surface area contributed by atoms with Gasteiger partial charge in [-0.15, -0.1) is 0 Å². The van der Waals surface area contributed by atoms with E-state index in [1.54, 1.807) is 6.20 Å². The molecule has 3 aromatic heterocycles. The number of nitrogens with zero attached hydrogens (tertiary/aromatic N) is 3. The number of benzene rings is 1. The topological polar surface area (TPSA) is 46.5 Å². The number of aromatic nitrogens is 4. The van der Waals surface area contributed by atoms with Crippen LogP contribution in [-0.2, 0) is 0 Å². The van der Waals surface area contributed by atoms with Gasteiger partial charge in [-0.05, 0) is 46.9 Å². The fourth-order valence-electron chi connectivity index (χ4n) is 2.26. The van der Waals surface area contributed by atoms with Crippen molar-refractivity contribution in [3.63, 3.8) is 0 Å². The molecule has 0 aliphatic carbocycles. The Morgan fingerprint density at radius 3 is 3.05 bits per heavy atom. The maximum Gasteiger partial charge on any atom is 0.139 e. The molecule has 0 unspecified atom stereocenters. The lowest BCUT2D eigenvalue weighted by Gasteiger charge is -2.01. The van der Waals surface area contributed by atoms with Crippen molar-refractivity contribution in [2.24, 2.45) is 0 Å². The maximum absolute atomic E-state index is 4.64. The summed E-state index contributed by atoms with van der Waals surface area (Å²) in [6.07, 6.45) is 5.74. The van der Waals surface area contributed by atoms with Gasteiger partial charge in [0.2, 0.25) is 0 Å². The minimum Gasteiger partial charge on any atom is -0.346 e. The van der Waals surface area contributed by atoms with Crippen molar-refractivity contribution in [1.29, 1.82) is 0 Å². The molecular formula is C14H9IN4. The van der Waals surface area contributed by atoms with Crippen LogP contribution in [0, 0.1) is 3.57 Å². The van der Waals surface area contributed by atoms with Crippen molar-refractivity contribution in [3.05, 3.63) is 52.5 Å². The highest BCUT2D eigenvalue weighted by molar-refractivity contribution is 14.1. The first kappa shape index (κ1) is 11.0. The van der Waals surface area contributed by atoms with Crippen LogP contribution in [0.15, 0.2) is 48.9 Å². The van der Waals surface area contributed by atoms with Crippen LogP contribution in [-0.4, -0.2) is 19.7 Å². The van der Waals surface area contributed by atoms with Gasteiger partial charge >= 0.3 is 0 Å². The second kappa shape index (κ2) is 4.06. The standard InChI is InChI=1S/C14H9IN4/c15-10-2-1-9-8-19(18-12(9)7-10)13-4-6-17-14-11(13)3-5-16-14/h1-8H,(H,16,17). The SMILES string of the molecule is Ic1ccc2cn(-c3ccnc4[nH]ccc34)nc2c1. The third kappa shape index (κ3) is 1.73. The smallest absolute Gasteiger partial charge is 0.139 e. The summed E-state index contributed by atoms with van der Waals surface area (Å²) in [5, 5.41) is 6.86. The Hall–Kier alpha value is -1.89. The van der Waals surface area contributed by atoms with Crippen LogP contribution in [0.4, 0.5) is 0 Å². The summed E-state index contributed by atoms with van der Waals surface area (Å²) in [6.45, 7) is 0. The van der Waals surface area contributed by atoms with Gasteiger partial charge < -0.3 is 4.98 Å². The fourth-order valence-corrected chi connectivity index (χ4v) is 2.73. The maximum atomic E-state index is 4.64. The van der Waals surface area contributed by atoms with Gasteiger partial charge in [0, 0.05) is 32.9 Å². The number of aromatic amines is 1. The molecule has 19 heavy (non-hydrogen) atoms. The molecule has 0 radical (unpaired) electrons. The number of H-pyrrole nitrogens is 1. The molecule has 0 saturated heterocycles. The normalized spacial score (nSPS) is 11.4. The van der Waals surface area contributed by atoms with Crippen LogP contribution in [0.25, 0.3) is 27.6 Å². The molecule has 4 rings (SSSR count). The van der Waals surface area contributed by atoms with E-state index in [0.29, 0.717) is 0 Å². The number of hydrogen-bond acceptors (Lipinski definition) is 2. The van der Waals surface area contributed by atoms with E-state index in [4.69, 9.17) is 0 Å². The molecule has 1 N–H and O–H groups in total. The number of rotatable bonds is 1. The van der Waals surface area contributed by atoms with Crippen LogP contribution in [0.1, 0.15) is 0 Å². The molecule has 5 heteroatoms. The van der Waals surface area contributed by atoms with Gasteiger partial charge in [0.15, 0.2) is 0 Å². The average molecular weight is 360 g/mol. The zero-order valence-corrected chi connectivity index (χ0v) is 12.0. The van der Waals surface area contributed by atoms with Gasteiger partial charge in [-0.2, -0.15) is 5.10 Å². The first-order chi connectivity index (χ1) is 9.31. The summed E-state index contributed by atoms with van der Waals surface area (Å²) in [6, 6.07) is 10.3. The average Bonchev–Trinajstić information content (AvgIpc) is 3.03. The molecule has 0 aliphatic rings. The highest BCUT2D eigenvalue weighted by atomic mass is 127. The molecule has 0 aliphatic heterocycles. The first-order valence-corrected chi connectivity index (χ1v) is 6.96. The van der Waals surface area contributed by atoms with Gasteiger partial charge in [-0.1, -0.05) is 6.07 Å².